The summed E-state index contributed by atoms with van der Waals surface area (Å²) >= 11 is 0. The van der Waals surface area contributed by atoms with E-state index in [0.29, 0.717) is 11.2 Å². The van der Waals surface area contributed by atoms with Crippen molar-refractivity contribution in [1.82, 2.24) is 4.98 Å². The van der Waals surface area contributed by atoms with Crippen LogP contribution in [-0.4, -0.2) is 34.9 Å². The third-order valence-electron chi connectivity index (χ3n) is 3.92. The minimum Gasteiger partial charge on any atom is -0.456 e. The molecular formula is C16H24BNO4. The van der Waals surface area contributed by atoms with Gasteiger partial charge < -0.3 is 14.0 Å². The topological polar surface area (TPSA) is 57.7 Å². The van der Waals surface area contributed by atoms with Gasteiger partial charge in [0.05, 0.1) is 22.4 Å². The van der Waals surface area contributed by atoms with Crippen LogP contribution in [0.15, 0.2) is 18.3 Å². The maximum absolute atomic E-state index is 12.0. The fraction of sp³-hybridized carbons (Fsp3) is 0.625. The molecule has 2 heterocycles. The van der Waals surface area contributed by atoms with Crippen LogP contribution in [0.2, 0.25) is 0 Å². The smallest absolute Gasteiger partial charge is 0.456 e. The van der Waals surface area contributed by atoms with Crippen LogP contribution in [0.25, 0.3) is 0 Å². The van der Waals surface area contributed by atoms with Gasteiger partial charge in [-0.3, -0.25) is 4.98 Å². The molecule has 0 saturated carbocycles. The van der Waals surface area contributed by atoms with E-state index in [0.717, 1.165) is 0 Å². The number of aromatic nitrogens is 1. The van der Waals surface area contributed by atoms with E-state index in [9.17, 15) is 4.79 Å². The molecule has 0 unspecified atom stereocenters. The number of hydrogen-bond donors (Lipinski definition) is 0. The van der Waals surface area contributed by atoms with Crippen LogP contribution in [0.5, 0.6) is 0 Å². The Morgan fingerprint density at radius 1 is 1.14 bits per heavy atom. The van der Waals surface area contributed by atoms with Gasteiger partial charge in [-0.2, -0.15) is 0 Å². The quantitative estimate of drug-likeness (QED) is 0.620. The van der Waals surface area contributed by atoms with Gasteiger partial charge in [0.2, 0.25) is 0 Å². The Bertz CT molecular complexity index is 545. The first-order valence-corrected chi connectivity index (χ1v) is 7.46. The molecule has 6 heteroatoms. The molecule has 0 radical (unpaired) electrons. The van der Waals surface area contributed by atoms with Crippen molar-refractivity contribution in [2.75, 3.05) is 0 Å². The fourth-order valence-corrected chi connectivity index (χ4v) is 1.97. The van der Waals surface area contributed by atoms with Gasteiger partial charge in [0.1, 0.15) is 5.60 Å². The number of rotatable bonds is 2. The van der Waals surface area contributed by atoms with Gasteiger partial charge in [0, 0.05) is 6.20 Å². The van der Waals surface area contributed by atoms with Crippen LogP contribution in [0.3, 0.4) is 0 Å². The second-order valence-corrected chi connectivity index (χ2v) is 7.56. The Labute approximate surface area is 132 Å². The zero-order valence-corrected chi connectivity index (χ0v) is 14.4. The van der Waals surface area contributed by atoms with Crippen molar-refractivity contribution in [3.05, 3.63) is 23.9 Å². The summed E-state index contributed by atoms with van der Waals surface area (Å²) < 4.78 is 17.2. The van der Waals surface area contributed by atoms with Crippen molar-refractivity contribution in [2.24, 2.45) is 0 Å². The number of pyridine rings is 1. The molecule has 2 rings (SSSR count). The van der Waals surface area contributed by atoms with Gasteiger partial charge in [-0.25, -0.2) is 4.79 Å². The molecule has 0 amide bonds. The van der Waals surface area contributed by atoms with Gasteiger partial charge in [-0.15, -0.1) is 0 Å². The third kappa shape index (κ3) is 3.50. The predicted octanol–water partition coefficient (Wildman–Crippen LogP) is 2.34. The van der Waals surface area contributed by atoms with E-state index in [4.69, 9.17) is 14.0 Å². The van der Waals surface area contributed by atoms with E-state index >= 15 is 0 Å². The number of carbonyl (C=O) groups is 1. The summed E-state index contributed by atoms with van der Waals surface area (Å²) in [5.74, 6) is -0.388. The standard InChI is InChI=1S/C16H24BNO4/c1-14(2,3)20-13(19)11-8-9-12(18-10-11)17-21-15(4,5)16(6,7)22-17/h8-10H,1-7H3. The van der Waals surface area contributed by atoms with E-state index in [-0.39, 0.29) is 5.97 Å². The Hall–Kier alpha value is -1.40. The third-order valence-corrected chi connectivity index (χ3v) is 3.92. The lowest BCUT2D eigenvalue weighted by molar-refractivity contribution is 0.00578. The number of ether oxygens (including phenoxy) is 1. The summed E-state index contributed by atoms with van der Waals surface area (Å²) in [6.45, 7) is 13.4. The van der Waals surface area contributed by atoms with Crippen molar-refractivity contribution < 1.29 is 18.8 Å². The Kier molecular flexibility index (Phi) is 4.13. The van der Waals surface area contributed by atoms with Crippen LogP contribution < -0.4 is 5.59 Å². The van der Waals surface area contributed by atoms with E-state index in [1.165, 1.54) is 6.20 Å². The molecule has 5 nitrogen and oxygen atoms in total. The Morgan fingerprint density at radius 3 is 2.09 bits per heavy atom. The maximum atomic E-state index is 12.0. The van der Waals surface area contributed by atoms with Gasteiger partial charge in [-0.1, -0.05) is 0 Å². The van der Waals surface area contributed by atoms with Crippen molar-refractivity contribution in [2.45, 2.75) is 65.3 Å². The van der Waals surface area contributed by atoms with E-state index in [1.54, 1.807) is 12.1 Å². The first-order valence-electron chi connectivity index (χ1n) is 7.46. The molecule has 120 valence electrons. The molecule has 1 aromatic rings. The molecule has 0 bridgehead atoms. The Morgan fingerprint density at radius 2 is 1.68 bits per heavy atom. The number of hydrogen-bond acceptors (Lipinski definition) is 5. The van der Waals surface area contributed by atoms with Crippen molar-refractivity contribution in [3.8, 4) is 0 Å². The highest BCUT2D eigenvalue weighted by Crippen LogP contribution is 2.36. The van der Waals surface area contributed by atoms with Gasteiger partial charge in [-0.05, 0) is 60.6 Å². The first-order chi connectivity index (χ1) is 9.91. The molecule has 0 N–H and O–H groups in total. The average Bonchev–Trinajstić information content (AvgIpc) is 2.56. The maximum Gasteiger partial charge on any atom is 0.514 e. The van der Waals surface area contributed by atoms with Crippen LogP contribution in [-0.2, 0) is 14.0 Å². The largest absolute Gasteiger partial charge is 0.514 e. The minimum absolute atomic E-state index is 0.388. The summed E-state index contributed by atoms with van der Waals surface area (Å²) in [7, 11) is -0.530. The van der Waals surface area contributed by atoms with Crippen molar-refractivity contribution in [3.63, 3.8) is 0 Å². The summed E-state index contributed by atoms with van der Waals surface area (Å²) in [5, 5.41) is 0. The summed E-state index contributed by atoms with van der Waals surface area (Å²) in [6, 6.07) is 3.42. The van der Waals surface area contributed by atoms with Crippen LogP contribution >= 0.6 is 0 Å². The number of nitrogens with zero attached hydrogens (tertiary/aromatic N) is 1. The average molecular weight is 305 g/mol. The first kappa shape index (κ1) is 17.0. The van der Waals surface area contributed by atoms with Crippen LogP contribution in [0, 0.1) is 0 Å². The van der Waals surface area contributed by atoms with Crippen molar-refractivity contribution in [1.29, 1.82) is 0 Å². The molecule has 0 aromatic carbocycles. The predicted molar refractivity (Wildman–Crippen MR) is 85.1 cm³/mol. The molecule has 1 saturated heterocycles. The van der Waals surface area contributed by atoms with Gasteiger partial charge >= 0.3 is 13.1 Å². The monoisotopic (exact) mass is 305 g/mol. The molecular weight excluding hydrogens is 281 g/mol. The summed E-state index contributed by atoms with van der Waals surface area (Å²) in [4.78, 5) is 16.3. The second-order valence-electron chi connectivity index (χ2n) is 7.56. The lowest BCUT2D eigenvalue weighted by Gasteiger charge is -2.32. The second kappa shape index (κ2) is 5.35. The SMILES string of the molecule is CC(C)(C)OC(=O)c1ccc(B2OC(C)(C)C(C)(C)O2)nc1. The number of esters is 1. The molecule has 22 heavy (non-hydrogen) atoms. The Balaban J connectivity index is 2.12. The zero-order chi connectivity index (χ0) is 16.8. The minimum atomic E-state index is -0.530. The van der Waals surface area contributed by atoms with Crippen LogP contribution in [0.1, 0.15) is 58.8 Å². The van der Waals surface area contributed by atoms with E-state index in [2.05, 4.69) is 4.98 Å². The van der Waals surface area contributed by atoms with Gasteiger partial charge in [0.15, 0.2) is 0 Å². The summed E-state index contributed by atoms with van der Waals surface area (Å²) in [6.07, 6.45) is 1.49. The lowest BCUT2D eigenvalue weighted by Crippen LogP contribution is -2.41. The number of carbonyl (C=O) groups excluding carboxylic acids is 1. The van der Waals surface area contributed by atoms with E-state index in [1.807, 2.05) is 48.5 Å². The molecule has 1 aromatic heterocycles. The molecule has 1 aliphatic rings. The summed E-state index contributed by atoms with van der Waals surface area (Å²) in [5.41, 5.74) is -0.297. The molecule has 1 fully saturated rings. The molecule has 0 aliphatic carbocycles. The van der Waals surface area contributed by atoms with Crippen molar-refractivity contribution >= 4 is 18.7 Å². The highest BCUT2D eigenvalue weighted by atomic mass is 16.7. The van der Waals surface area contributed by atoms with Crippen LogP contribution in [0.4, 0.5) is 0 Å². The zero-order valence-electron chi connectivity index (χ0n) is 14.4. The highest BCUT2D eigenvalue weighted by Gasteiger charge is 2.52. The fourth-order valence-electron chi connectivity index (χ4n) is 1.97. The molecule has 1 aliphatic heterocycles. The highest BCUT2D eigenvalue weighted by molar-refractivity contribution is 6.61. The lowest BCUT2D eigenvalue weighted by atomic mass is 9.84. The molecule has 0 spiro atoms. The normalized spacial score (nSPS) is 20.0. The van der Waals surface area contributed by atoms with Gasteiger partial charge in [0.25, 0.3) is 0 Å². The van der Waals surface area contributed by atoms with E-state index < -0.39 is 23.9 Å². The molecule has 0 atom stereocenters.